The van der Waals surface area contributed by atoms with Gasteiger partial charge in [0, 0.05) is 16.2 Å². The zero-order valence-electron chi connectivity index (χ0n) is 15.8. The summed E-state index contributed by atoms with van der Waals surface area (Å²) in [5, 5.41) is 0.748. The Labute approximate surface area is 178 Å². The van der Waals surface area contributed by atoms with Crippen LogP contribution in [0.5, 0.6) is 0 Å². The molecule has 2 heterocycles. The minimum absolute atomic E-state index is 0.0613. The van der Waals surface area contributed by atoms with Crippen LogP contribution in [0.4, 0.5) is 5.82 Å². The van der Waals surface area contributed by atoms with Gasteiger partial charge in [-0.3, -0.25) is 9.69 Å². The van der Waals surface area contributed by atoms with Gasteiger partial charge in [0.2, 0.25) is 0 Å². The molecular formula is C22H22BrN3OS. The van der Waals surface area contributed by atoms with Crippen molar-refractivity contribution in [2.45, 2.75) is 45.1 Å². The summed E-state index contributed by atoms with van der Waals surface area (Å²) in [6, 6.07) is 14.0. The number of rotatable bonds is 3. The van der Waals surface area contributed by atoms with Crippen molar-refractivity contribution in [3.8, 4) is 0 Å². The summed E-state index contributed by atoms with van der Waals surface area (Å²) in [4.78, 5) is 25.2. The SMILES string of the molecule is Cc1cccc(/N=C2/S/C(=C\c3ccc(Br)cc3)C(=O)N2C2CCCCC2)n1. The summed E-state index contributed by atoms with van der Waals surface area (Å²) < 4.78 is 1.02. The Balaban J connectivity index is 1.69. The normalized spacial score (nSPS) is 21.1. The molecule has 1 aromatic carbocycles. The second kappa shape index (κ2) is 8.62. The number of benzene rings is 1. The van der Waals surface area contributed by atoms with Gasteiger partial charge in [0.1, 0.15) is 0 Å². The van der Waals surface area contributed by atoms with Gasteiger partial charge in [-0.1, -0.05) is 53.4 Å². The topological polar surface area (TPSA) is 45.6 Å². The third-order valence-electron chi connectivity index (χ3n) is 5.03. The molecule has 2 aromatic rings. The zero-order chi connectivity index (χ0) is 19.5. The third kappa shape index (κ3) is 4.39. The van der Waals surface area contributed by atoms with E-state index in [2.05, 4.69) is 20.9 Å². The third-order valence-corrected chi connectivity index (χ3v) is 6.54. The first-order valence-electron chi connectivity index (χ1n) is 9.61. The molecule has 1 saturated heterocycles. The highest BCUT2D eigenvalue weighted by atomic mass is 79.9. The summed E-state index contributed by atoms with van der Waals surface area (Å²) in [6.45, 7) is 1.95. The van der Waals surface area contributed by atoms with E-state index in [1.165, 1.54) is 31.0 Å². The van der Waals surface area contributed by atoms with Crippen LogP contribution in [0.2, 0.25) is 0 Å². The molecule has 1 aliphatic carbocycles. The predicted octanol–water partition coefficient (Wildman–Crippen LogP) is 6.09. The molecule has 0 atom stereocenters. The van der Waals surface area contributed by atoms with Gasteiger partial charge in [-0.2, -0.15) is 0 Å². The Bertz CT molecular complexity index is 933. The van der Waals surface area contributed by atoms with E-state index in [1.54, 1.807) is 0 Å². The fourth-order valence-electron chi connectivity index (χ4n) is 3.63. The first-order valence-corrected chi connectivity index (χ1v) is 11.2. The summed E-state index contributed by atoms with van der Waals surface area (Å²) in [5.74, 6) is 0.715. The number of amides is 1. The van der Waals surface area contributed by atoms with E-state index < -0.39 is 0 Å². The van der Waals surface area contributed by atoms with Gasteiger partial charge in [-0.15, -0.1) is 0 Å². The Morgan fingerprint density at radius 1 is 1.14 bits per heavy atom. The van der Waals surface area contributed by atoms with Crippen LogP contribution in [0, 0.1) is 6.92 Å². The lowest BCUT2D eigenvalue weighted by molar-refractivity contribution is -0.124. The lowest BCUT2D eigenvalue weighted by Crippen LogP contribution is -2.40. The summed E-state index contributed by atoms with van der Waals surface area (Å²) in [6.07, 6.45) is 7.62. The molecule has 1 amide bonds. The first kappa shape index (κ1) is 19.4. The van der Waals surface area contributed by atoms with Crippen LogP contribution in [-0.4, -0.2) is 27.0 Å². The van der Waals surface area contributed by atoms with E-state index in [4.69, 9.17) is 4.99 Å². The van der Waals surface area contributed by atoms with Crippen molar-refractivity contribution in [3.05, 3.63) is 63.1 Å². The fourth-order valence-corrected chi connectivity index (χ4v) is 4.94. The Morgan fingerprint density at radius 2 is 1.89 bits per heavy atom. The van der Waals surface area contributed by atoms with Crippen LogP contribution in [0.25, 0.3) is 6.08 Å². The van der Waals surface area contributed by atoms with E-state index in [9.17, 15) is 4.79 Å². The molecule has 28 heavy (non-hydrogen) atoms. The molecule has 1 aromatic heterocycles. The monoisotopic (exact) mass is 455 g/mol. The summed E-state index contributed by atoms with van der Waals surface area (Å²) in [7, 11) is 0. The molecular weight excluding hydrogens is 434 g/mol. The number of pyridine rings is 1. The van der Waals surface area contributed by atoms with Crippen molar-refractivity contribution < 1.29 is 4.79 Å². The lowest BCUT2D eigenvalue weighted by Gasteiger charge is -2.30. The molecule has 0 N–H and O–H groups in total. The second-order valence-corrected chi connectivity index (χ2v) is 9.09. The highest BCUT2D eigenvalue weighted by Gasteiger charge is 2.38. The predicted molar refractivity (Wildman–Crippen MR) is 119 cm³/mol. The van der Waals surface area contributed by atoms with E-state index in [0.29, 0.717) is 5.82 Å². The number of thioether (sulfide) groups is 1. The Morgan fingerprint density at radius 3 is 2.61 bits per heavy atom. The summed E-state index contributed by atoms with van der Waals surface area (Å²) >= 11 is 4.91. The van der Waals surface area contributed by atoms with Gasteiger partial charge in [0.15, 0.2) is 11.0 Å². The number of carbonyl (C=O) groups excluding carboxylic acids is 1. The average Bonchev–Trinajstić information content (AvgIpc) is 2.99. The first-order chi connectivity index (χ1) is 13.6. The van der Waals surface area contributed by atoms with Crippen molar-refractivity contribution in [1.29, 1.82) is 0 Å². The molecule has 144 valence electrons. The number of aliphatic imine (C=N–C) groups is 1. The van der Waals surface area contributed by atoms with Crippen molar-refractivity contribution in [2.75, 3.05) is 0 Å². The van der Waals surface area contributed by atoms with E-state index >= 15 is 0 Å². The van der Waals surface area contributed by atoms with Crippen LogP contribution in [-0.2, 0) is 4.79 Å². The molecule has 0 spiro atoms. The van der Waals surface area contributed by atoms with Gasteiger partial charge in [-0.05, 0) is 67.4 Å². The molecule has 0 unspecified atom stereocenters. The largest absolute Gasteiger partial charge is 0.283 e. The van der Waals surface area contributed by atoms with Gasteiger partial charge < -0.3 is 0 Å². The van der Waals surface area contributed by atoms with Crippen molar-refractivity contribution in [3.63, 3.8) is 0 Å². The minimum Gasteiger partial charge on any atom is -0.283 e. The lowest BCUT2D eigenvalue weighted by atomic mass is 9.94. The highest BCUT2D eigenvalue weighted by molar-refractivity contribution is 9.10. The van der Waals surface area contributed by atoms with Gasteiger partial charge in [-0.25, -0.2) is 9.98 Å². The second-order valence-electron chi connectivity index (χ2n) is 7.16. The standard InChI is InChI=1S/C22H22BrN3OS/c1-15-6-5-9-20(24-15)25-22-26(18-7-3-2-4-8-18)21(27)19(28-22)14-16-10-12-17(23)13-11-16/h5-6,9-14,18H,2-4,7-8H2,1H3/b19-14-,25-22+. The number of carbonyl (C=O) groups is 1. The molecule has 2 aliphatic rings. The quantitative estimate of drug-likeness (QED) is 0.525. The van der Waals surface area contributed by atoms with E-state index in [0.717, 1.165) is 38.6 Å². The van der Waals surface area contributed by atoms with E-state index in [-0.39, 0.29) is 11.9 Å². The molecule has 0 radical (unpaired) electrons. The number of hydrogen-bond donors (Lipinski definition) is 0. The van der Waals surface area contributed by atoms with Crippen LogP contribution in [0.1, 0.15) is 43.4 Å². The van der Waals surface area contributed by atoms with Crippen LogP contribution in [0.3, 0.4) is 0 Å². The maximum Gasteiger partial charge on any atom is 0.267 e. The van der Waals surface area contributed by atoms with Gasteiger partial charge in [0.25, 0.3) is 5.91 Å². The number of aromatic nitrogens is 1. The number of amidine groups is 1. The number of nitrogens with zero attached hydrogens (tertiary/aromatic N) is 3. The maximum atomic E-state index is 13.3. The highest BCUT2D eigenvalue weighted by Crippen LogP contribution is 2.38. The molecule has 1 saturated carbocycles. The molecule has 4 rings (SSSR count). The van der Waals surface area contributed by atoms with Crippen molar-refractivity contribution in [1.82, 2.24) is 9.88 Å². The van der Waals surface area contributed by atoms with Crippen molar-refractivity contribution in [2.24, 2.45) is 4.99 Å². The molecule has 0 bridgehead atoms. The van der Waals surface area contributed by atoms with E-state index in [1.807, 2.05) is 60.4 Å². The molecule has 4 nitrogen and oxygen atoms in total. The minimum atomic E-state index is 0.0613. The van der Waals surface area contributed by atoms with Gasteiger partial charge >= 0.3 is 0 Å². The number of aryl methyl sites for hydroxylation is 1. The molecule has 1 aliphatic heterocycles. The fraction of sp³-hybridized carbons (Fsp3) is 0.318. The number of hydrogen-bond acceptors (Lipinski definition) is 4. The van der Waals surface area contributed by atoms with Crippen LogP contribution >= 0.6 is 27.7 Å². The Hall–Kier alpha value is -1.92. The average molecular weight is 456 g/mol. The van der Waals surface area contributed by atoms with Gasteiger partial charge in [0.05, 0.1) is 4.91 Å². The number of halogens is 1. The van der Waals surface area contributed by atoms with Crippen molar-refractivity contribution >= 4 is 50.7 Å². The zero-order valence-corrected chi connectivity index (χ0v) is 18.2. The Kier molecular flexibility index (Phi) is 5.97. The van der Waals surface area contributed by atoms with Crippen LogP contribution < -0.4 is 0 Å². The summed E-state index contributed by atoms with van der Waals surface area (Å²) in [5.41, 5.74) is 1.93. The smallest absolute Gasteiger partial charge is 0.267 e. The molecule has 6 heteroatoms. The van der Waals surface area contributed by atoms with Crippen LogP contribution in [0.15, 0.2) is 56.8 Å². The maximum absolute atomic E-state index is 13.3. The molecule has 2 fully saturated rings.